The molecule has 0 aliphatic rings. The van der Waals surface area contributed by atoms with Crippen molar-refractivity contribution in [3.05, 3.63) is 28.6 Å². The normalized spacial score (nSPS) is 17.5. The Morgan fingerprint density at radius 2 is 1.83 bits per heavy atom. The molecule has 9 N–H and O–H groups in total. The first kappa shape index (κ1) is 19.3. The smallest absolute Gasteiger partial charge is 0.195 e. The third-order valence-electron chi connectivity index (χ3n) is 2.87. The predicted octanol–water partition coefficient (Wildman–Crippen LogP) is -4.03. The van der Waals surface area contributed by atoms with E-state index in [0.29, 0.717) is 0 Å². The second-order valence-corrected chi connectivity index (χ2v) is 4.44. The van der Waals surface area contributed by atoms with Crippen molar-refractivity contribution in [2.45, 2.75) is 12.2 Å². The molecule has 4 unspecified atom stereocenters. The van der Waals surface area contributed by atoms with Crippen LogP contribution in [0.1, 0.15) is 0 Å². The number of hydrogen-bond donors (Lipinski definition) is 9. The maximum absolute atomic E-state index is 11.1. The molecule has 0 spiro atoms. The summed E-state index contributed by atoms with van der Waals surface area (Å²) in [6, 6.07) is 3.21. The first-order valence-corrected chi connectivity index (χ1v) is 6.32. The zero-order valence-electron chi connectivity index (χ0n) is 11.7. The summed E-state index contributed by atoms with van der Waals surface area (Å²) in [7, 11) is 0. The van der Waals surface area contributed by atoms with Gasteiger partial charge < -0.3 is 30.8 Å². The number of hydrogen-bond acceptors (Lipinski definition) is 10. The topological polar surface area (TPSA) is 201 Å². The average molecular weight is 334 g/mol. The number of rotatable bonds is 8. The van der Waals surface area contributed by atoms with Crippen molar-refractivity contribution in [1.29, 1.82) is 0 Å². The SMILES string of the molecule is [O-][NH+](O)c1ccc(NN=C(CO)C(O)C(O)CO)c([NH+]([O-])O)c1. The van der Waals surface area contributed by atoms with Crippen LogP contribution in [0.15, 0.2) is 23.3 Å². The van der Waals surface area contributed by atoms with Crippen LogP contribution in [-0.2, 0) is 0 Å². The van der Waals surface area contributed by atoms with E-state index >= 15 is 0 Å². The van der Waals surface area contributed by atoms with E-state index in [-0.39, 0.29) is 22.8 Å². The highest BCUT2D eigenvalue weighted by Crippen LogP contribution is 2.20. The van der Waals surface area contributed by atoms with Crippen LogP contribution >= 0.6 is 0 Å². The van der Waals surface area contributed by atoms with E-state index in [1.165, 1.54) is 0 Å². The zero-order chi connectivity index (χ0) is 17.6. The van der Waals surface area contributed by atoms with E-state index in [1.807, 2.05) is 0 Å². The molecule has 0 fully saturated rings. The molecule has 0 radical (unpaired) electrons. The van der Waals surface area contributed by atoms with Gasteiger partial charge in [-0.2, -0.15) is 15.6 Å². The van der Waals surface area contributed by atoms with Gasteiger partial charge in [0.2, 0.25) is 0 Å². The Morgan fingerprint density at radius 3 is 2.30 bits per heavy atom. The Bertz CT molecular complexity index is 539. The molecule has 12 nitrogen and oxygen atoms in total. The van der Waals surface area contributed by atoms with Gasteiger partial charge in [0.05, 0.1) is 25.0 Å². The Hall–Kier alpha value is -1.71. The van der Waals surface area contributed by atoms with Gasteiger partial charge in [-0.1, -0.05) is 0 Å². The van der Waals surface area contributed by atoms with Crippen molar-refractivity contribution in [3.8, 4) is 0 Å². The van der Waals surface area contributed by atoms with Crippen LogP contribution < -0.4 is 15.9 Å². The highest BCUT2D eigenvalue weighted by Gasteiger charge is 2.21. The second-order valence-electron chi connectivity index (χ2n) is 4.44. The molecule has 0 saturated carbocycles. The molecule has 23 heavy (non-hydrogen) atoms. The number of aliphatic hydroxyl groups excluding tert-OH is 4. The molecule has 1 aromatic carbocycles. The van der Waals surface area contributed by atoms with E-state index in [0.717, 1.165) is 18.2 Å². The summed E-state index contributed by atoms with van der Waals surface area (Å²) < 4.78 is 0. The minimum Gasteiger partial charge on any atom is -0.595 e. The van der Waals surface area contributed by atoms with Gasteiger partial charge in [-0.25, -0.2) is 10.4 Å². The lowest BCUT2D eigenvalue weighted by atomic mass is 10.1. The molecule has 0 aromatic heterocycles. The molecular weight excluding hydrogens is 316 g/mol. The fraction of sp³-hybridized carbons (Fsp3) is 0.364. The van der Waals surface area contributed by atoms with Crippen LogP contribution in [0, 0.1) is 10.4 Å². The molecule has 4 atom stereocenters. The average Bonchev–Trinajstić information content (AvgIpc) is 2.53. The molecule has 0 aliphatic heterocycles. The number of hydrazone groups is 1. The van der Waals surface area contributed by atoms with Crippen molar-refractivity contribution in [2.75, 3.05) is 18.6 Å². The lowest BCUT2D eigenvalue weighted by molar-refractivity contribution is -0.996. The Kier molecular flexibility index (Phi) is 7.40. The van der Waals surface area contributed by atoms with Crippen molar-refractivity contribution in [1.82, 2.24) is 0 Å². The first-order valence-electron chi connectivity index (χ1n) is 6.32. The van der Waals surface area contributed by atoms with E-state index in [1.54, 1.807) is 0 Å². The van der Waals surface area contributed by atoms with Gasteiger partial charge in [0.25, 0.3) is 0 Å². The molecule has 12 heteroatoms. The van der Waals surface area contributed by atoms with Gasteiger partial charge in [-0.3, -0.25) is 5.43 Å². The van der Waals surface area contributed by atoms with E-state index in [2.05, 4.69) is 10.5 Å². The van der Waals surface area contributed by atoms with Crippen molar-refractivity contribution < 1.29 is 41.3 Å². The Morgan fingerprint density at radius 1 is 1.17 bits per heavy atom. The van der Waals surface area contributed by atoms with Gasteiger partial charge in [0.1, 0.15) is 17.9 Å². The number of nitrogens with one attached hydrogen (secondary N) is 3. The second kappa shape index (κ2) is 8.80. The number of benzene rings is 1. The highest BCUT2D eigenvalue weighted by atomic mass is 16.8. The lowest BCUT2D eigenvalue weighted by Crippen LogP contribution is -3.00. The molecule has 0 heterocycles. The van der Waals surface area contributed by atoms with Crippen LogP contribution in [0.25, 0.3) is 0 Å². The monoisotopic (exact) mass is 334 g/mol. The molecule has 0 amide bonds. The molecule has 1 aromatic rings. The fourth-order valence-electron chi connectivity index (χ4n) is 1.60. The molecule has 130 valence electrons. The van der Waals surface area contributed by atoms with Gasteiger partial charge in [-0.05, 0) is 6.07 Å². The van der Waals surface area contributed by atoms with Crippen molar-refractivity contribution >= 4 is 22.8 Å². The molecule has 0 saturated heterocycles. The summed E-state index contributed by atoms with van der Waals surface area (Å²) >= 11 is 0. The van der Waals surface area contributed by atoms with Gasteiger partial charge in [0.15, 0.2) is 11.4 Å². The summed E-state index contributed by atoms with van der Waals surface area (Å²) in [5, 5.41) is 77.5. The van der Waals surface area contributed by atoms with E-state index in [4.69, 9.17) is 20.6 Å². The summed E-state index contributed by atoms with van der Waals surface area (Å²) in [6.07, 6.45) is -3.24. The predicted molar refractivity (Wildman–Crippen MR) is 75.2 cm³/mol. The van der Waals surface area contributed by atoms with Crippen LogP contribution in [-0.4, -0.2) is 62.0 Å². The molecular formula is C11H18N4O8. The summed E-state index contributed by atoms with van der Waals surface area (Å²) in [4.78, 5) is 0. The molecule has 0 bridgehead atoms. The number of nitrogens with zero attached hydrogens (tertiary/aromatic N) is 1. The van der Waals surface area contributed by atoms with Gasteiger partial charge >= 0.3 is 0 Å². The van der Waals surface area contributed by atoms with Crippen molar-refractivity contribution in [3.63, 3.8) is 0 Å². The van der Waals surface area contributed by atoms with Gasteiger partial charge in [0, 0.05) is 6.07 Å². The quantitative estimate of drug-likeness (QED) is 0.168. The third-order valence-corrected chi connectivity index (χ3v) is 2.87. The van der Waals surface area contributed by atoms with Crippen molar-refractivity contribution in [2.24, 2.45) is 5.10 Å². The number of quaternary nitrogens is 2. The largest absolute Gasteiger partial charge is 0.595 e. The van der Waals surface area contributed by atoms with Crippen LogP contribution in [0.5, 0.6) is 0 Å². The van der Waals surface area contributed by atoms with E-state index < -0.39 is 35.9 Å². The summed E-state index contributed by atoms with van der Waals surface area (Å²) in [5.74, 6) is 0. The molecule has 1 rings (SSSR count). The van der Waals surface area contributed by atoms with Crippen LogP contribution in [0.3, 0.4) is 0 Å². The first-order chi connectivity index (χ1) is 10.8. The van der Waals surface area contributed by atoms with E-state index in [9.17, 15) is 20.6 Å². The maximum atomic E-state index is 11.1. The Labute approximate surface area is 129 Å². The minimum absolute atomic E-state index is 0.0841. The summed E-state index contributed by atoms with van der Waals surface area (Å²) in [6.45, 7) is -1.53. The standard InChI is InChI=1S/C11H18N4O8/c16-4-8(11(19)10(18)5-17)13-12-7-2-1-6(14(20)21)3-9(7)15(22)23/h1-3,10-12,14-20,22H,4-5H2. The third kappa shape index (κ3) is 5.15. The fourth-order valence-corrected chi connectivity index (χ4v) is 1.60. The number of aliphatic hydroxyl groups is 4. The summed E-state index contributed by atoms with van der Waals surface area (Å²) in [5.41, 5.74) is 1.22. The number of anilines is 1. The minimum atomic E-state index is -1.66. The van der Waals surface area contributed by atoms with Crippen LogP contribution in [0.2, 0.25) is 0 Å². The Balaban J connectivity index is 3.05. The maximum Gasteiger partial charge on any atom is 0.195 e. The zero-order valence-corrected chi connectivity index (χ0v) is 11.7. The van der Waals surface area contributed by atoms with Crippen LogP contribution in [0.4, 0.5) is 17.1 Å². The molecule has 0 aliphatic carbocycles. The lowest BCUT2D eigenvalue weighted by Gasteiger charge is -2.19. The highest BCUT2D eigenvalue weighted by molar-refractivity contribution is 5.90. The van der Waals surface area contributed by atoms with Gasteiger partial charge in [-0.15, -0.1) is 0 Å².